The van der Waals surface area contributed by atoms with E-state index in [4.69, 9.17) is 0 Å². The van der Waals surface area contributed by atoms with Crippen LogP contribution in [0.2, 0.25) is 0 Å². The Morgan fingerprint density at radius 1 is 0.840 bits per heavy atom. The molecule has 0 saturated heterocycles. The van der Waals surface area contributed by atoms with Crippen LogP contribution in [0.5, 0.6) is 0 Å². The highest BCUT2D eigenvalue weighted by Gasteiger charge is 2.13. The van der Waals surface area contributed by atoms with E-state index in [-0.39, 0.29) is 5.56 Å². The fraction of sp³-hybridized carbons (Fsp3) is 0.182. The number of aromatic nitrogens is 2. The Hall–Kier alpha value is -2.94. The van der Waals surface area contributed by atoms with Gasteiger partial charge in [0, 0.05) is 12.4 Å². The van der Waals surface area contributed by atoms with Gasteiger partial charge in [0.05, 0.1) is 6.20 Å². The van der Waals surface area contributed by atoms with Gasteiger partial charge in [0.1, 0.15) is 0 Å². The molecule has 0 amide bonds. The van der Waals surface area contributed by atoms with Gasteiger partial charge in [-0.2, -0.15) is 0 Å². The molecule has 1 aliphatic carbocycles. The molecule has 0 atom stereocenters. The first-order valence-electron chi connectivity index (χ1n) is 8.74. The van der Waals surface area contributed by atoms with Crippen LogP contribution in [0.15, 0.2) is 71.9 Å². The first kappa shape index (κ1) is 15.6. The highest BCUT2D eigenvalue weighted by Crippen LogP contribution is 2.33. The topological polar surface area (TPSA) is 45.8 Å². The van der Waals surface area contributed by atoms with E-state index in [2.05, 4.69) is 58.5 Å². The van der Waals surface area contributed by atoms with Crippen molar-refractivity contribution in [2.45, 2.75) is 25.7 Å². The summed E-state index contributed by atoms with van der Waals surface area (Å²) < 4.78 is 0. The summed E-state index contributed by atoms with van der Waals surface area (Å²) in [7, 11) is 0. The minimum Gasteiger partial charge on any atom is -0.326 e. The van der Waals surface area contributed by atoms with Crippen LogP contribution in [0.4, 0.5) is 0 Å². The van der Waals surface area contributed by atoms with Crippen molar-refractivity contribution in [2.24, 2.45) is 0 Å². The zero-order valence-corrected chi connectivity index (χ0v) is 14.0. The van der Waals surface area contributed by atoms with E-state index in [1.54, 1.807) is 11.1 Å². The standard InChI is InChI=1S/C18H16.C4H4N2O/c1-3-7-15-13(5-1)9-11-18-16-8-4-2-6-14(16)10-12-17(15)18;7-4-3-5-1-2-6-4/h1,3,5,7,9-12H,2,4,6,8H2;1-3H,(H,6,7). The second-order valence-electron chi connectivity index (χ2n) is 6.39. The molecule has 4 aromatic rings. The molecule has 3 nitrogen and oxygen atoms in total. The third-order valence-corrected chi connectivity index (χ3v) is 4.84. The third kappa shape index (κ3) is 3.18. The normalized spacial score (nSPS) is 13.1. The van der Waals surface area contributed by atoms with Crippen molar-refractivity contribution in [1.82, 2.24) is 9.97 Å². The first-order valence-corrected chi connectivity index (χ1v) is 8.74. The lowest BCUT2D eigenvalue weighted by molar-refractivity contribution is 0.690. The monoisotopic (exact) mass is 328 g/mol. The summed E-state index contributed by atoms with van der Waals surface area (Å²) in [6, 6.07) is 18.0. The van der Waals surface area contributed by atoms with Gasteiger partial charge in [-0.3, -0.25) is 9.78 Å². The van der Waals surface area contributed by atoms with Crippen molar-refractivity contribution >= 4 is 21.5 Å². The van der Waals surface area contributed by atoms with Crippen LogP contribution in [0.3, 0.4) is 0 Å². The molecule has 3 heteroatoms. The van der Waals surface area contributed by atoms with Crippen LogP contribution in [-0.4, -0.2) is 9.97 Å². The lowest BCUT2D eigenvalue weighted by Gasteiger charge is -2.18. The van der Waals surface area contributed by atoms with Crippen molar-refractivity contribution in [3.8, 4) is 0 Å². The molecular weight excluding hydrogens is 308 g/mol. The van der Waals surface area contributed by atoms with Crippen molar-refractivity contribution in [3.63, 3.8) is 0 Å². The third-order valence-electron chi connectivity index (χ3n) is 4.84. The number of rotatable bonds is 0. The Bertz CT molecular complexity index is 1060. The number of aryl methyl sites for hydroxylation is 2. The van der Waals surface area contributed by atoms with Crippen molar-refractivity contribution in [1.29, 1.82) is 0 Å². The second kappa shape index (κ2) is 6.89. The van der Waals surface area contributed by atoms with Crippen LogP contribution < -0.4 is 5.56 Å². The number of hydrogen-bond acceptors (Lipinski definition) is 2. The van der Waals surface area contributed by atoms with E-state index in [0.717, 1.165) is 0 Å². The number of nitrogens with one attached hydrogen (secondary N) is 1. The molecule has 0 spiro atoms. The summed E-state index contributed by atoms with van der Waals surface area (Å²) in [6.07, 6.45) is 9.44. The quantitative estimate of drug-likeness (QED) is 0.478. The molecule has 1 aromatic heterocycles. The highest BCUT2D eigenvalue weighted by atomic mass is 16.1. The Balaban J connectivity index is 0.000000190. The van der Waals surface area contributed by atoms with Gasteiger partial charge in [0.2, 0.25) is 0 Å². The molecular formula is C22H20N2O. The Kier molecular flexibility index (Phi) is 4.30. The lowest BCUT2D eigenvalue weighted by atomic mass is 9.86. The predicted molar refractivity (Wildman–Crippen MR) is 103 cm³/mol. The maximum absolute atomic E-state index is 10.2. The Morgan fingerprint density at radius 2 is 1.68 bits per heavy atom. The van der Waals surface area contributed by atoms with Gasteiger partial charge in [0.25, 0.3) is 5.56 Å². The first-order chi connectivity index (χ1) is 12.3. The molecule has 0 fully saturated rings. The van der Waals surface area contributed by atoms with Gasteiger partial charge < -0.3 is 4.98 Å². The van der Waals surface area contributed by atoms with Gasteiger partial charge in [-0.05, 0) is 58.4 Å². The summed E-state index contributed by atoms with van der Waals surface area (Å²) in [5.74, 6) is 0. The summed E-state index contributed by atoms with van der Waals surface area (Å²) >= 11 is 0. The smallest absolute Gasteiger partial charge is 0.266 e. The number of fused-ring (bicyclic) bond motifs is 5. The molecule has 0 saturated carbocycles. The largest absolute Gasteiger partial charge is 0.326 e. The minimum absolute atomic E-state index is 0.164. The molecule has 124 valence electrons. The van der Waals surface area contributed by atoms with Gasteiger partial charge in [-0.1, -0.05) is 48.5 Å². The summed E-state index contributed by atoms with van der Waals surface area (Å²) in [5.41, 5.74) is 3.01. The lowest BCUT2D eigenvalue weighted by Crippen LogP contribution is -2.02. The van der Waals surface area contributed by atoms with E-state index < -0.39 is 0 Å². The fourth-order valence-electron chi connectivity index (χ4n) is 3.65. The molecule has 0 radical (unpaired) electrons. The number of nitrogens with zero attached hydrogens (tertiary/aromatic N) is 1. The summed E-state index contributed by atoms with van der Waals surface area (Å²) in [6.45, 7) is 0. The average molecular weight is 328 g/mol. The molecule has 5 rings (SSSR count). The molecule has 25 heavy (non-hydrogen) atoms. The van der Waals surface area contributed by atoms with E-state index in [1.807, 2.05) is 0 Å². The summed E-state index contributed by atoms with van der Waals surface area (Å²) in [4.78, 5) is 16.1. The zero-order valence-electron chi connectivity index (χ0n) is 14.0. The van der Waals surface area contributed by atoms with Crippen LogP contribution in [-0.2, 0) is 12.8 Å². The SMILES string of the molecule is O=c1cncc[nH]1.c1ccc2c(c1)ccc1c3c(ccc12)CCCC3. The molecule has 1 N–H and O–H groups in total. The Morgan fingerprint density at radius 3 is 2.48 bits per heavy atom. The molecule has 1 heterocycles. The van der Waals surface area contributed by atoms with Crippen LogP contribution in [0.25, 0.3) is 21.5 Å². The number of benzene rings is 3. The van der Waals surface area contributed by atoms with Crippen molar-refractivity contribution in [3.05, 3.63) is 88.6 Å². The molecule has 0 bridgehead atoms. The highest BCUT2D eigenvalue weighted by molar-refractivity contribution is 6.08. The maximum Gasteiger partial charge on any atom is 0.266 e. The number of aromatic amines is 1. The average Bonchev–Trinajstić information content (AvgIpc) is 2.68. The molecule has 0 aliphatic heterocycles. The van der Waals surface area contributed by atoms with E-state index in [1.165, 1.54) is 65.8 Å². The van der Waals surface area contributed by atoms with Gasteiger partial charge in [-0.25, -0.2) is 0 Å². The van der Waals surface area contributed by atoms with E-state index in [0.29, 0.717) is 0 Å². The predicted octanol–water partition coefficient (Wildman–Crippen LogP) is 4.64. The Labute approximate surface area is 146 Å². The van der Waals surface area contributed by atoms with E-state index in [9.17, 15) is 4.79 Å². The van der Waals surface area contributed by atoms with Crippen LogP contribution in [0, 0.1) is 0 Å². The fourth-order valence-corrected chi connectivity index (χ4v) is 3.65. The maximum atomic E-state index is 10.2. The molecule has 0 unspecified atom stereocenters. The number of hydrogen-bond donors (Lipinski definition) is 1. The second-order valence-corrected chi connectivity index (χ2v) is 6.39. The van der Waals surface area contributed by atoms with E-state index >= 15 is 0 Å². The van der Waals surface area contributed by atoms with Gasteiger partial charge >= 0.3 is 0 Å². The molecule has 1 aliphatic rings. The van der Waals surface area contributed by atoms with Crippen LogP contribution in [0.1, 0.15) is 24.0 Å². The molecule has 3 aromatic carbocycles. The zero-order chi connectivity index (χ0) is 17.1. The summed E-state index contributed by atoms with van der Waals surface area (Å²) in [5, 5.41) is 5.64. The number of H-pyrrole nitrogens is 1. The van der Waals surface area contributed by atoms with Gasteiger partial charge in [-0.15, -0.1) is 0 Å². The van der Waals surface area contributed by atoms with Crippen molar-refractivity contribution < 1.29 is 0 Å². The minimum atomic E-state index is -0.164. The van der Waals surface area contributed by atoms with Crippen molar-refractivity contribution in [2.75, 3.05) is 0 Å². The van der Waals surface area contributed by atoms with Crippen LogP contribution >= 0.6 is 0 Å². The van der Waals surface area contributed by atoms with Gasteiger partial charge in [0.15, 0.2) is 0 Å².